The summed E-state index contributed by atoms with van der Waals surface area (Å²) in [7, 11) is 0. The summed E-state index contributed by atoms with van der Waals surface area (Å²) in [6.45, 7) is 2.48. The molecule has 102 valence electrons. The molecule has 1 heterocycles. The van der Waals surface area contributed by atoms with Gasteiger partial charge in [-0.25, -0.2) is 0 Å². The molecule has 6 nitrogen and oxygen atoms in total. The van der Waals surface area contributed by atoms with Crippen molar-refractivity contribution in [2.75, 3.05) is 11.9 Å². The fourth-order valence-electron chi connectivity index (χ4n) is 2.17. The van der Waals surface area contributed by atoms with Gasteiger partial charge in [-0.1, -0.05) is 17.3 Å². The largest absolute Gasteiger partial charge is 0.409 e. The highest BCUT2D eigenvalue weighted by Gasteiger charge is 2.31. The zero-order valence-electron chi connectivity index (χ0n) is 10.7. The average molecular weight is 263 g/mol. The van der Waals surface area contributed by atoms with Gasteiger partial charge in [0.05, 0.1) is 17.7 Å². The van der Waals surface area contributed by atoms with Crippen molar-refractivity contribution in [2.24, 2.45) is 16.8 Å². The molecular weight excluding hydrogens is 246 g/mol. The van der Waals surface area contributed by atoms with Gasteiger partial charge < -0.3 is 21.0 Å². The van der Waals surface area contributed by atoms with E-state index >= 15 is 0 Å². The summed E-state index contributed by atoms with van der Waals surface area (Å²) in [5.41, 5.74) is 6.60. The third kappa shape index (κ3) is 2.85. The van der Waals surface area contributed by atoms with Crippen LogP contribution in [0.4, 0.5) is 5.69 Å². The van der Waals surface area contributed by atoms with Crippen molar-refractivity contribution in [2.45, 2.75) is 19.4 Å². The molecule has 1 aromatic carbocycles. The molecule has 1 fully saturated rings. The Bertz CT molecular complexity index is 502. The number of amidine groups is 1. The van der Waals surface area contributed by atoms with Crippen LogP contribution < -0.4 is 11.1 Å². The fourth-order valence-corrected chi connectivity index (χ4v) is 2.17. The van der Waals surface area contributed by atoms with E-state index in [4.69, 9.17) is 15.7 Å². The lowest BCUT2D eigenvalue weighted by molar-refractivity contribution is -0.121. The van der Waals surface area contributed by atoms with Crippen LogP contribution in [0.25, 0.3) is 0 Å². The van der Waals surface area contributed by atoms with Gasteiger partial charge >= 0.3 is 0 Å². The lowest BCUT2D eigenvalue weighted by Gasteiger charge is -2.15. The summed E-state index contributed by atoms with van der Waals surface area (Å²) in [4.78, 5) is 12.2. The van der Waals surface area contributed by atoms with Gasteiger partial charge in [-0.15, -0.1) is 0 Å². The first-order valence-corrected chi connectivity index (χ1v) is 6.13. The van der Waals surface area contributed by atoms with Crippen molar-refractivity contribution in [3.63, 3.8) is 0 Å². The van der Waals surface area contributed by atoms with Crippen LogP contribution in [0.15, 0.2) is 29.4 Å². The molecule has 0 aliphatic carbocycles. The summed E-state index contributed by atoms with van der Waals surface area (Å²) in [5.74, 6) is -0.310. The second-order valence-corrected chi connectivity index (χ2v) is 4.49. The highest BCUT2D eigenvalue weighted by molar-refractivity contribution is 6.05. The SMILES string of the molecule is CC1OCCC1C(=O)Nc1ccccc1C(N)=NO. The van der Waals surface area contributed by atoms with E-state index in [9.17, 15) is 4.79 Å². The number of nitrogens with zero attached hydrogens (tertiary/aromatic N) is 1. The van der Waals surface area contributed by atoms with E-state index in [1.165, 1.54) is 0 Å². The van der Waals surface area contributed by atoms with E-state index in [0.29, 0.717) is 24.3 Å². The van der Waals surface area contributed by atoms with Crippen molar-refractivity contribution in [1.82, 2.24) is 0 Å². The van der Waals surface area contributed by atoms with Crippen molar-refractivity contribution in [1.29, 1.82) is 0 Å². The Morgan fingerprint density at radius 3 is 2.89 bits per heavy atom. The Labute approximate surface area is 111 Å². The number of ether oxygens (including phenoxy) is 1. The number of amides is 1. The summed E-state index contributed by atoms with van der Waals surface area (Å²) in [5, 5.41) is 14.5. The number of hydrogen-bond acceptors (Lipinski definition) is 4. The van der Waals surface area contributed by atoms with Crippen LogP contribution in [0.3, 0.4) is 0 Å². The number of oxime groups is 1. The zero-order valence-corrected chi connectivity index (χ0v) is 10.7. The molecule has 1 saturated heterocycles. The molecule has 1 aromatic rings. The third-order valence-electron chi connectivity index (χ3n) is 3.28. The monoisotopic (exact) mass is 263 g/mol. The van der Waals surface area contributed by atoms with E-state index in [1.807, 2.05) is 6.92 Å². The first-order valence-electron chi connectivity index (χ1n) is 6.13. The molecule has 1 aliphatic heterocycles. The van der Waals surface area contributed by atoms with Gasteiger partial charge in [-0.2, -0.15) is 0 Å². The lowest BCUT2D eigenvalue weighted by Crippen LogP contribution is -2.29. The van der Waals surface area contributed by atoms with Crippen LogP contribution >= 0.6 is 0 Å². The Morgan fingerprint density at radius 1 is 1.53 bits per heavy atom. The Hall–Kier alpha value is -2.08. The summed E-state index contributed by atoms with van der Waals surface area (Å²) >= 11 is 0. The van der Waals surface area contributed by atoms with E-state index < -0.39 is 0 Å². The highest BCUT2D eigenvalue weighted by Crippen LogP contribution is 2.23. The van der Waals surface area contributed by atoms with Crippen LogP contribution in [0.2, 0.25) is 0 Å². The topological polar surface area (TPSA) is 96.9 Å². The van der Waals surface area contributed by atoms with Crippen molar-refractivity contribution in [3.05, 3.63) is 29.8 Å². The summed E-state index contributed by atoms with van der Waals surface area (Å²) in [6, 6.07) is 6.92. The Balaban J connectivity index is 2.17. The molecule has 1 amide bonds. The van der Waals surface area contributed by atoms with Crippen LogP contribution in [-0.4, -0.2) is 29.7 Å². The molecule has 0 radical (unpaired) electrons. The molecule has 0 bridgehead atoms. The molecule has 6 heteroatoms. The molecule has 0 saturated carbocycles. The minimum Gasteiger partial charge on any atom is -0.409 e. The molecule has 0 spiro atoms. The van der Waals surface area contributed by atoms with Crippen LogP contribution in [0, 0.1) is 5.92 Å². The van der Waals surface area contributed by atoms with E-state index in [1.54, 1.807) is 24.3 Å². The number of nitrogens with two attached hydrogens (primary N) is 1. The minimum atomic E-state index is -0.166. The van der Waals surface area contributed by atoms with Gasteiger partial charge in [0.2, 0.25) is 5.91 Å². The summed E-state index contributed by atoms with van der Waals surface area (Å²) < 4.78 is 5.37. The number of hydrogen-bond donors (Lipinski definition) is 3. The quantitative estimate of drug-likeness (QED) is 0.330. The van der Waals surface area contributed by atoms with Gasteiger partial charge in [0.25, 0.3) is 0 Å². The van der Waals surface area contributed by atoms with E-state index in [0.717, 1.165) is 0 Å². The Kier molecular flexibility index (Phi) is 4.01. The molecule has 1 aliphatic rings. The number of carbonyl (C=O) groups is 1. The fraction of sp³-hybridized carbons (Fsp3) is 0.385. The number of anilines is 1. The van der Waals surface area contributed by atoms with E-state index in [-0.39, 0.29) is 23.8 Å². The third-order valence-corrected chi connectivity index (χ3v) is 3.28. The lowest BCUT2D eigenvalue weighted by atomic mass is 10.0. The van der Waals surface area contributed by atoms with Gasteiger partial charge in [0.1, 0.15) is 0 Å². The maximum Gasteiger partial charge on any atom is 0.230 e. The number of nitrogens with one attached hydrogen (secondary N) is 1. The van der Waals surface area contributed by atoms with E-state index in [2.05, 4.69) is 10.5 Å². The molecule has 2 unspecified atom stereocenters. The zero-order chi connectivity index (χ0) is 13.8. The van der Waals surface area contributed by atoms with Gasteiger partial charge in [0.15, 0.2) is 5.84 Å². The molecule has 19 heavy (non-hydrogen) atoms. The average Bonchev–Trinajstić information content (AvgIpc) is 2.85. The second kappa shape index (κ2) is 5.71. The molecule has 4 N–H and O–H groups in total. The van der Waals surface area contributed by atoms with Gasteiger partial charge in [0, 0.05) is 12.2 Å². The molecule has 2 atom stereocenters. The number of carbonyl (C=O) groups excluding carboxylic acids is 1. The smallest absolute Gasteiger partial charge is 0.230 e. The first-order chi connectivity index (χ1) is 9.13. The minimum absolute atomic E-state index is 0.0355. The standard InChI is InChI=1S/C13H17N3O3/c1-8-9(6-7-19-8)13(17)15-11-5-3-2-4-10(11)12(14)16-18/h2-5,8-9,18H,6-7H2,1H3,(H2,14,16)(H,15,17). The van der Waals surface area contributed by atoms with Crippen LogP contribution in [0.5, 0.6) is 0 Å². The normalized spacial score (nSPS) is 23.3. The van der Waals surface area contributed by atoms with Gasteiger partial charge in [-0.05, 0) is 25.5 Å². The van der Waals surface area contributed by atoms with Crippen molar-refractivity contribution >= 4 is 17.4 Å². The predicted molar refractivity (Wildman–Crippen MR) is 71.1 cm³/mol. The molecule has 2 rings (SSSR count). The maximum atomic E-state index is 12.2. The number of rotatable bonds is 3. The van der Waals surface area contributed by atoms with Crippen LogP contribution in [0.1, 0.15) is 18.9 Å². The molecular formula is C13H17N3O3. The van der Waals surface area contributed by atoms with Gasteiger partial charge in [-0.3, -0.25) is 4.79 Å². The maximum absolute atomic E-state index is 12.2. The first kappa shape index (κ1) is 13.4. The Morgan fingerprint density at radius 2 is 2.26 bits per heavy atom. The van der Waals surface area contributed by atoms with Crippen LogP contribution in [-0.2, 0) is 9.53 Å². The number of benzene rings is 1. The molecule has 0 aromatic heterocycles. The predicted octanol–water partition coefficient (Wildman–Crippen LogP) is 1.14. The van der Waals surface area contributed by atoms with Crippen molar-refractivity contribution in [3.8, 4) is 0 Å². The highest BCUT2D eigenvalue weighted by atomic mass is 16.5. The second-order valence-electron chi connectivity index (χ2n) is 4.49. The summed E-state index contributed by atoms with van der Waals surface area (Å²) in [6.07, 6.45) is 0.620. The number of para-hydroxylation sites is 1. The van der Waals surface area contributed by atoms with Crippen molar-refractivity contribution < 1.29 is 14.7 Å².